The molecule has 1 saturated carbocycles. The highest BCUT2D eigenvalue weighted by Crippen LogP contribution is 2.39. The van der Waals surface area contributed by atoms with Crippen LogP contribution in [-0.4, -0.2) is 16.6 Å². The first-order valence-corrected chi connectivity index (χ1v) is 6.06. The van der Waals surface area contributed by atoms with Gasteiger partial charge in [0, 0.05) is 5.54 Å². The summed E-state index contributed by atoms with van der Waals surface area (Å²) in [5.74, 6) is 0.238. The SMILES string of the molecule is CC(C)(NC(=O)[C@H](O)c1ccccc1)C1CC1. The van der Waals surface area contributed by atoms with E-state index >= 15 is 0 Å². The number of nitrogens with one attached hydrogen (secondary N) is 1. The molecule has 0 aliphatic heterocycles. The Hall–Kier alpha value is -1.35. The fraction of sp³-hybridized carbons (Fsp3) is 0.500. The van der Waals surface area contributed by atoms with Gasteiger partial charge in [-0.25, -0.2) is 0 Å². The van der Waals surface area contributed by atoms with E-state index in [1.165, 1.54) is 0 Å². The molecule has 2 N–H and O–H groups in total. The van der Waals surface area contributed by atoms with Gasteiger partial charge in [-0.2, -0.15) is 0 Å². The fourth-order valence-corrected chi connectivity index (χ4v) is 2.08. The first-order chi connectivity index (χ1) is 8.00. The molecule has 0 spiro atoms. The van der Waals surface area contributed by atoms with Crippen molar-refractivity contribution in [3.05, 3.63) is 35.9 Å². The first-order valence-electron chi connectivity index (χ1n) is 6.06. The molecule has 0 aromatic heterocycles. The van der Waals surface area contributed by atoms with Gasteiger partial charge in [-0.05, 0) is 38.2 Å². The Balaban J connectivity index is 2.00. The number of hydrogen-bond donors (Lipinski definition) is 2. The van der Waals surface area contributed by atoms with E-state index in [9.17, 15) is 9.90 Å². The fourth-order valence-electron chi connectivity index (χ4n) is 2.08. The van der Waals surface area contributed by atoms with Gasteiger partial charge < -0.3 is 10.4 Å². The number of carbonyl (C=O) groups is 1. The molecule has 3 heteroatoms. The van der Waals surface area contributed by atoms with Gasteiger partial charge in [0.2, 0.25) is 0 Å². The summed E-state index contributed by atoms with van der Waals surface area (Å²) in [7, 11) is 0. The third-order valence-electron chi connectivity index (χ3n) is 3.41. The van der Waals surface area contributed by atoms with Crippen LogP contribution in [0.3, 0.4) is 0 Å². The molecule has 1 aromatic carbocycles. The number of aliphatic hydroxyl groups is 1. The van der Waals surface area contributed by atoms with Gasteiger partial charge in [0.15, 0.2) is 6.10 Å². The van der Waals surface area contributed by atoms with Gasteiger partial charge in [0.25, 0.3) is 5.91 Å². The van der Waals surface area contributed by atoms with E-state index in [1.54, 1.807) is 12.1 Å². The molecule has 1 aliphatic rings. The van der Waals surface area contributed by atoms with E-state index in [0.29, 0.717) is 11.5 Å². The van der Waals surface area contributed by atoms with E-state index in [4.69, 9.17) is 0 Å². The Morgan fingerprint density at radius 2 is 1.94 bits per heavy atom. The molecule has 2 rings (SSSR count). The van der Waals surface area contributed by atoms with Crippen molar-refractivity contribution in [2.75, 3.05) is 0 Å². The van der Waals surface area contributed by atoms with Crippen molar-refractivity contribution in [1.29, 1.82) is 0 Å². The van der Waals surface area contributed by atoms with Crippen LogP contribution >= 0.6 is 0 Å². The Labute approximate surface area is 102 Å². The summed E-state index contributed by atoms with van der Waals surface area (Å²) in [5, 5.41) is 12.9. The minimum Gasteiger partial charge on any atom is -0.378 e. The summed E-state index contributed by atoms with van der Waals surface area (Å²) in [6, 6.07) is 9.01. The van der Waals surface area contributed by atoms with Crippen LogP contribution in [-0.2, 0) is 4.79 Å². The number of amides is 1. The number of carbonyl (C=O) groups excluding carboxylic acids is 1. The maximum Gasteiger partial charge on any atom is 0.253 e. The Morgan fingerprint density at radius 3 is 2.47 bits per heavy atom. The topological polar surface area (TPSA) is 49.3 Å². The lowest BCUT2D eigenvalue weighted by molar-refractivity contribution is -0.131. The van der Waals surface area contributed by atoms with E-state index in [0.717, 1.165) is 12.8 Å². The van der Waals surface area contributed by atoms with Crippen molar-refractivity contribution in [2.45, 2.75) is 38.3 Å². The van der Waals surface area contributed by atoms with Gasteiger partial charge in [-0.3, -0.25) is 4.79 Å². The summed E-state index contributed by atoms with van der Waals surface area (Å²) in [4.78, 5) is 11.9. The van der Waals surface area contributed by atoms with E-state index in [1.807, 2.05) is 32.0 Å². The third-order valence-corrected chi connectivity index (χ3v) is 3.41. The lowest BCUT2D eigenvalue weighted by atomic mass is 9.97. The Kier molecular flexibility index (Phi) is 3.20. The largest absolute Gasteiger partial charge is 0.378 e. The highest BCUT2D eigenvalue weighted by Gasteiger charge is 2.39. The molecule has 3 nitrogen and oxygen atoms in total. The van der Waals surface area contributed by atoms with Crippen LogP contribution in [0.15, 0.2) is 30.3 Å². The third kappa shape index (κ3) is 2.86. The second-order valence-electron chi connectivity index (χ2n) is 5.30. The molecule has 1 amide bonds. The predicted molar refractivity (Wildman–Crippen MR) is 66.3 cm³/mol. The van der Waals surface area contributed by atoms with Crippen molar-refractivity contribution in [3.8, 4) is 0 Å². The van der Waals surface area contributed by atoms with Gasteiger partial charge in [0.05, 0.1) is 0 Å². The van der Waals surface area contributed by atoms with E-state index in [-0.39, 0.29) is 11.4 Å². The summed E-state index contributed by atoms with van der Waals surface area (Å²) in [5.41, 5.74) is 0.420. The standard InChI is InChI=1S/C14H19NO2/c1-14(2,11-8-9-11)15-13(17)12(16)10-6-4-3-5-7-10/h3-7,11-12,16H,8-9H2,1-2H3,(H,15,17)/t12-/m1/s1. The molecule has 1 aliphatic carbocycles. The van der Waals surface area contributed by atoms with Crippen LogP contribution in [0.2, 0.25) is 0 Å². The Morgan fingerprint density at radius 1 is 1.35 bits per heavy atom. The summed E-state index contributed by atoms with van der Waals surface area (Å²) < 4.78 is 0. The van der Waals surface area contributed by atoms with Gasteiger partial charge in [-0.1, -0.05) is 30.3 Å². The minimum atomic E-state index is -1.07. The highest BCUT2D eigenvalue weighted by molar-refractivity contribution is 5.82. The van der Waals surface area contributed by atoms with Gasteiger partial charge in [-0.15, -0.1) is 0 Å². The molecule has 0 radical (unpaired) electrons. The molecule has 1 aromatic rings. The van der Waals surface area contributed by atoms with E-state index < -0.39 is 6.10 Å². The van der Waals surface area contributed by atoms with Crippen molar-refractivity contribution >= 4 is 5.91 Å². The molecule has 1 fully saturated rings. The molecule has 0 saturated heterocycles. The van der Waals surface area contributed by atoms with Crippen LogP contribution in [0, 0.1) is 5.92 Å². The quantitative estimate of drug-likeness (QED) is 0.836. The second-order valence-corrected chi connectivity index (χ2v) is 5.30. The molecule has 1 atom stereocenters. The van der Waals surface area contributed by atoms with Crippen molar-refractivity contribution < 1.29 is 9.90 Å². The lowest BCUT2D eigenvalue weighted by Gasteiger charge is -2.27. The average molecular weight is 233 g/mol. The normalized spacial score (nSPS) is 17.6. The molecule has 17 heavy (non-hydrogen) atoms. The zero-order chi connectivity index (χ0) is 12.5. The second kappa shape index (κ2) is 4.49. The van der Waals surface area contributed by atoms with Crippen molar-refractivity contribution in [3.63, 3.8) is 0 Å². The minimum absolute atomic E-state index is 0.215. The maximum absolute atomic E-state index is 11.9. The van der Waals surface area contributed by atoms with Crippen LogP contribution in [0.25, 0.3) is 0 Å². The monoisotopic (exact) mass is 233 g/mol. The number of aliphatic hydroxyl groups excluding tert-OH is 1. The smallest absolute Gasteiger partial charge is 0.253 e. The van der Waals surface area contributed by atoms with Crippen LogP contribution < -0.4 is 5.32 Å². The first kappa shape index (κ1) is 12.1. The molecule has 0 bridgehead atoms. The molecule has 0 heterocycles. The lowest BCUT2D eigenvalue weighted by Crippen LogP contribution is -2.47. The highest BCUT2D eigenvalue weighted by atomic mass is 16.3. The van der Waals surface area contributed by atoms with Gasteiger partial charge in [0.1, 0.15) is 0 Å². The number of rotatable bonds is 4. The number of benzene rings is 1. The Bertz CT molecular complexity index is 396. The zero-order valence-electron chi connectivity index (χ0n) is 10.3. The predicted octanol–water partition coefficient (Wildman–Crippen LogP) is 2.02. The maximum atomic E-state index is 11.9. The molecular weight excluding hydrogens is 214 g/mol. The van der Waals surface area contributed by atoms with Gasteiger partial charge >= 0.3 is 0 Å². The van der Waals surface area contributed by atoms with Crippen LogP contribution in [0.1, 0.15) is 38.4 Å². The zero-order valence-corrected chi connectivity index (χ0v) is 10.3. The average Bonchev–Trinajstić information content (AvgIpc) is 3.12. The molecular formula is C14H19NO2. The molecule has 92 valence electrons. The summed E-state index contributed by atoms with van der Waals surface area (Å²) in [6.45, 7) is 4.03. The van der Waals surface area contributed by atoms with Crippen molar-refractivity contribution in [2.24, 2.45) is 5.92 Å². The van der Waals surface area contributed by atoms with Crippen LogP contribution in [0.5, 0.6) is 0 Å². The van der Waals surface area contributed by atoms with E-state index in [2.05, 4.69) is 5.32 Å². The molecule has 0 unspecified atom stereocenters. The van der Waals surface area contributed by atoms with Crippen LogP contribution in [0.4, 0.5) is 0 Å². The van der Waals surface area contributed by atoms with Crippen molar-refractivity contribution in [1.82, 2.24) is 5.32 Å². The number of hydrogen-bond acceptors (Lipinski definition) is 2. The summed E-state index contributed by atoms with van der Waals surface area (Å²) in [6.07, 6.45) is 1.25. The summed E-state index contributed by atoms with van der Waals surface area (Å²) >= 11 is 0.